The number of Topliss-reactive ketones (excluding diaryl/α,β-unsaturated/α-hetero) is 1. The van der Waals surface area contributed by atoms with Gasteiger partial charge in [-0.3, -0.25) is 4.79 Å². The first-order valence-corrected chi connectivity index (χ1v) is 6.48. The minimum Gasteiger partial charge on any atom is -0.493 e. The van der Waals surface area contributed by atoms with Crippen LogP contribution in [0, 0.1) is 5.41 Å². The molecular formula is C15H21NO3. The van der Waals surface area contributed by atoms with Crippen LogP contribution < -0.4 is 14.4 Å². The van der Waals surface area contributed by atoms with Gasteiger partial charge < -0.3 is 14.4 Å². The molecule has 0 aromatic heterocycles. The lowest BCUT2D eigenvalue weighted by atomic mass is 9.82. The predicted octanol–water partition coefficient (Wildman–Crippen LogP) is 2.51. The topological polar surface area (TPSA) is 38.8 Å². The van der Waals surface area contributed by atoms with E-state index in [1.165, 1.54) is 0 Å². The molecule has 1 aromatic carbocycles. The smallest absolute Gasteiger partial charge is 0.162 e. The number of nitrogens with zero attached hydrogens (tertiary/aromatic N) is 1. The molecule has 0 saturated carbocycles. The molecule has 104 valence electrons. The summed E-state index contributed by atoms with van der Waals surface area (Å²) in [4.78, 5) is 14.1. The number of anilines is 1. The van der Waals surface area contributed by atoms with E-state index in [1.54, 1.807) is 14.2 Å². The number of carbonyl (C=O) groups excluding carboxylic acids is 1. The molecule has 0 atom stereocenters. The summed E-state index contributed by atoms with van der Waals surface area (Å²) in [6.45, 7) is 5.50. The lowest BCUT2D eigenvalue weighted by Crippen LogP contribution is -2.46. The van der Waals surface area contributed by atoms with E-state index in [1.807, 2.05) is 32.0 Å². The van der Waals surface area contributed by atoms with Crippen LogP contribution in [0.4, 0.5) is 5.69 Å². The normalized spacial score (nSPS) is 18.3. The minimum atomic E-state index is -0.286. The summed E-state index contributed by atoms with van der Waals surface area (Å²) in [7, 11) is 3.26. The molecule has 1 aromatic rings. The summed E-state index contributed by atoms with van der Waals surface area (Å²) in [5.41, 5.74) is 0.782. The number of benzene rings is 1. The number of carbonyl (C=O) groups is 1. The molecule has 1 fully saturated rings. The summed E-state index contributed by atoms with van der Waals surface area (Å²) in [5, 5.41) is 0. The predicted molar refractivity (Wildman–Crippen MR) is 75.2 cm³/mol. The van der Waals surface area contributed by atoms with Crippen molar-refractivity contribution in [3.05, 3.63) is 18.2 Å². The maximum atomic E-state index is 11.8. The van der Waals surface area contributed by atoms with E-state index < -0.39 is 0 Å². The number of hydrogen-bond acceptors (Lipinski definition) is 4. The van der Waals surface area contributed by atoms with Crippen molar-refractivity contribution in [2.24, 2.45) is 5.41 Å². The van der Waals surface area contributed by atoms with Crippen LogP contribution in [0.1, 0.15) is 20.3 Å². The summed E-state index contributed by atoms with van der Waals surface area (Å²) >= 11 is 0. The van der Waals surface area contributed by atoms with Crippen LogP contribution in [-0.4, -0.2) is 33.1 Å². The Labute approximate surface area is 114 Å². The van der Waals surface area contributed by atoms with Gasteiger partial charge in [-0.1, -0.05) is 13.8 Å². The zero-order valence-electron chi connectivity index (χ0n) is 12.0. The average molecular weight is 263 g/mol. The maximum absolute atomic E-state index is 11.8. The zero-order chi connectivity index (χ0) is 14.0. The first kappa shape index (κ1) is 13.7. The van der Waals surface area contributed by atoms with Crippen molar-refractivity contribution in [1.82, 2.24) is 0 Å². The van der Waals surface area contributed by atoms with Crippen molar-refractivity contribution >= 4 is 11.5 Å². The summed E-state index contributed by atoms with van der Waals surface area (Å²) in [6, 6.07) is 5.87. The second-order valence-corrected chi connectivity index (χ2v) is 5.52. The first-order chi connectivity index (χ1) is 8.97. The SMILES string of the molecule is COc1ccc(N2CCC(=O)C(C)(C)C2)cc1OC. The molecule has 4 heteroatoms. The van der Waals surface area contributed by atoms with Gasteiger partial charge in [-0.25, -0.2) is 0 Å². The van der Waals surface area contributed by atoms with E-state index in [4.69, 9.17) is 9.47 Å². The molecule has 0 unspecified atom stereocenters. The fraction of sp³-hybridized carbons (Fsp3) is 0.533. The Hall–Kier alpha value is -1.71. The summed E-state index contributed by atoms with van der Waals surface area (Å²) < 4.78 is 10.6. The molecular weight excluding hydrogens is 242 g/mol. The van der Waals surface area contributed by atoms with Crippen molar-refractivity contribution < 1.29 is 14.3 Å². The van der Waals surface area contributed by atoms with Crippen LogP contribution in [-0.2, 0) is 4.79 Å². The van der Waals surface area contributed by atoms with E-state index in [9.17, 15) is 4.79 Å². The quantitative estimate of drug-likeness (QED) is 0.840. The first-order valence-electron chi connectivity index (χ1n) is 6.48. The monoisotopic (exact) mass is 263 g/mol. The maximum Gasteiger partial charge on any atom is 0.162 e. The second kappa shape index (κ2) is 5.11. The van der Waals surface area contributed by atoms with Gasteiger partial charge in [-0.05, 0) is 12.1 Å². The molecule has 1 aliphatic rings. The lowest BCUT2D eigenvalue weighted by Gasteiger charge is -2.38. The molecule has 19 heavy (non-hydrogen) atoms. The summed E-state index contributed by atoms with van der Waals surface area (Å²) in [6.07, 6.45) is 0.599. The third-order valence-corrected chi connectivity index (χ3v) is 3.68. The average Bonchev–Trinajstić information content (AvgIpc) is 2.41. The Balaban J connectivity index is 2.25. The van der Waals surface area contributed by atoms with Crippen LogP contribution in [0.5, 0.6) is 11.5 Å². The molecule has 1 saturated heterocycles. The fourth-order valence-corrected chi connectivity index (χ4v) is 2.46. The largest absolute Gasteiger partial charge is 0.493 e. The van der Waals surface area contributed by atoms with Crippen LogP contribution in [0.25, 0.3) is 0 Å². The van der Waals surface area contributed by atoms with Gasteiger partial charge in [0.15, 0.2) is 11.5 Å². The molecule has 0 bridgehead atoms. The molecule has 0 radical (unpaired) electrons. The second-order valence-electron chi connectivity index (χ2n) is 5.52. The van der Waals surface area contributed by atoms with Gasteiger partial charge >= 0.3 is 0 Å². The third kappa shape index (κ3) is 2.67. The fourth-order valence-electron chi connectivity index (χ4n) is 2.46. The van der Waals surface area contributed by atoms with Gasteiger partial charge in [0, 0.05) is 36.7 Å². The van der Waals surface area contributed by atoms with Gasteiger partial charge in [0.05, 0.1) is 14.2 Å². The molecule has 4 nitrogen and oxygen atoms in total. The van der Waals surface area contributed by atoms with Crippen molar-refractivity contribution in [3.8, 4) is 11.5 Å². The molecule has 1 aliphatic heterocycles. The van der Waals surface area contributed by atoms with E-state index >= 15 is 0 Å². The highest BCUT2D eigenvalue weighted by molar-refractivity contribution is 5.86. The van der Waals surface area contributed by atoms with Crippen LogP contribution in [0.2, 0.25) is 0 Å². The molecule has 0 N–H and O–H groups in total. The van der Waals surface area contributed by atoms with E-state index in [0.717, 1.165) is 30.3 Å². The van der Waals surface area contributed by atoms with Crippen molar-refractivity contribution in [1.29, 1.82) is 0 Å². The van der Waals surface area contributed by atoms with Gasteiger partial charge in [0.2, 0.25) is 0 Å². The van der Waals surface area contributed by atoms with Crippen molar-refractivity contribution in [3.63, 3.8) is 0 Å². The van der Waals surface area contributed by atoms with Gasteiger partial charge in [0.1, 0.15) is 5.78 Å². The van der Waals surface area contributed by atoms with Gasteiger partial charge in [-0.2, -0.15) is 0 Å². The van der Waals surface area contributed by atoms with E-state index in [2.05, 4.69) is 4.90 Å². The number of piperidine rings is 1. The van der Waals surface area contributed by atoms with E-state index in [0.29, 0.717) is 12.2 Å². The lowest BCUT2D eigenvalue weighted by molar-refractivity contribution is -0.127. The molecule has 1 heterocycles. The Morgan fingerprint density at radius 2 is 1.84 bits per heavy atom. The number of ketones is 1. The van der Waals surface area contributed by atoms with E-state index in [-0.39, 0.29) is 5.41 Å². The minimum absolute atomic E-state index is 0.286. The molecule has 0 aliphatic carbocycles. The molecule has 0 amide bonds. The number of rotatable bonds is 3. The number of ether oxygens (including phenoxy) is 2. The van der Waals surface area contributed by atoms with Crippen LogP contribution in [0.3, 0.4) is 0 Å². The van der Waals surface area contributed by atoms with Crippen molar-refractivity contribution in [2.45, 2.75) is 20.3 Å². The molecule has 0 spiro atoms. The van der Waals surface area contributed by atoms with Crippen molar-refractivity contribution in [2.75, 3.05) is 32.2 Å². The van der Waals surface area contributed by atoms with Crippen LogP contribution >= 0.6 is 0 Å². The highest BCUT2D eigenvalue weighted by Gasteiger charge is 2.34. The Morgan fingerprint density at radius 1 is 1.16 bits per heavy atom. The summed E-state index contributed by atoms with van der Waals surface area (Å²) in [5.74, 6) is 1.78. The standard InChI is InChI=1S/C15H21NO3/c1-15(2)10-16(8-7-14(15)17)11-5-6-12(18-3)13(9-11)19-4/h5-6,9H,7-8,10H2,1-4H3. The Bertz CT molecular complexity index is 482. The van der Waals surface area contributed by atoms with Gasteiger partial charge in [0.25, 0.3) is 0 Å². The molecule has 2 rings (SSSR count). The van der Waals surface area contributed by atoms with Gasteiger partial charge in [-0.15, -0.1) is 0 Å². The number of methoxy groups -OCH3 is 2. The Morgan fingerprint density at radius 3 is 2.42 bits per heavy atom. The van der Waals surface area contributed by atoms with Crippen LogP contribution in [0.15, 0.2) is 18.2 Å². The zero-order valence-corrected chi connectivity index (χ0v) is 12.0. The Kier molecular flexibility index (Phi) is 3.69. The third-order valence-electron chi connectivity index (χ3n) is 3.68. The number of hydrogen-bond donors (Lipinski definition) is 0. The highest BCUT2D eigenvalue weighted by Crippen LogP contribution is 2.34. The highest BCUT2D eigenvalue weighted by atomic mass is 16.5.